The van der Waals surface area contributed by atoms with Crippen LogP contribution in [0.4, 0.5) is 8.78 Å². The summed E-state index contributed by atoms with van der Waals surface area (Å²) in [5.74, 6) is -1.54. The Balaban J connectivity index is 3.23. The van der Waals surface area contributed by atoms with Crippen LogP contribution in [0.25, 0.3) is 0 Å². The third kappa shape index (κ3) is 2.91. The molecule has 1 atom stereocenters. The maximum Gasteiger partial charge on any atom is 0.387 e. The minimum Gasteiger partial charge on any atom is -0.479 e. The van der Waals surface area contributed by atoms with Gasteiger partial charge in [0.25, 0.3) is 0 Å². The first kappa shape index (κ1) is 13.4. The molecule has 1 aromatic rings. The number of alkyl halides is 2. The highest BCUT2D eigenvalue weighted by molar-refractivity contribution is 5.75. The molecule has 0 aromatic heterocycles. The zero-order valence-corrected chi connectivity index (χ0v) is 9.28. The van der Waals surface area contributed by atoms with E-state index >= 15 is 0 Å². The van der Waals surface area contributed by atoms with E-state index in [-0.39, 0.29) is 16.9 Å². The summed E-state index contributed by atoms with van der Waals surface area (Å²) in [6, 6.07) is 2.80. The minimum absolute atomic E-state index is 0.0405. The van der Waals surface area contributed by atoms with Crippen molar-refractivity contribution in [2.75, 3.05) is 0 Å². The van der Waals surface area contributed by atoms with Crippen molar-refractivity contribution in [1.29, 1.82) is 0 Å². The van der Waals surface area contributed by atoms with E-state index in [1.807, 2.05) is 0 Å². The molecule has 1 unspecified atom stereocenters. The van der Waals surface area contributed by atoms with Gasteiger partial charge in [0.05, 0.1) is 0 Å². The molecular weight excluding hydrogens is 234 g/mol. The second kappa shape index (κ2) is 5.09. The van der Waals surface area contributed by atoms with Gasteiger partial charge >= 0.3 is 12.6 Å². The average Bonchev–Trinajstić information content (AvgIpc) is 2.23. The standard InChI is InChI=1S/C11H12F2O4/c1-5-3-4-7(8(14)10(15)16)6(2)9(5)17-11(12)13/h3-4,8,11,14H,1-2H3,(H,15,16). The van der Waals surface area contributed by atoms with Crippen LogP contribution in [0.2, 0.25) is 0 Å². The van der Waals surface area contributed by atoms with E-state index < -0.39 is 18.7 Å². The van der Waals surface area contributed by atoms with Gasteiger partial charge in [0.2, 0.25) is 0 Å². The lowest BCUT2D eigenvalue weighted by molar-refractivity contribution is -0.147. The Bertz CT molecular complexity index is 432. The van der Waals surface area contributed by atoms with Gasteiger partial charge in [0.15, 0.2) is 6.10 Å². The lowest BCUT2D eigenvalue weighted by atomic mass is 10.00. The third-order valence-electron chi connectivity index (χ3n) is 2.38. The topological polar surface area (TPSA) is 66.8 Å². The molecule has 0 radical (unpaired) electrons. The number of aliphatic hydroxyl groups excluding tert-OH is 1. The lowest BCUT2D eigenvalue weighted by Crippen LogP contribution is -2.13. The molecule has 0 bridgehead atoms. The molecule has 94 valence electrons. The summed E-state index contributed by atoms with van der Waals surface area (Å²) in [5, 5.41) is 18.0. The van der Waals surface area contributed by atoms with Crippen molar-refractivity contribution in [3.63, 3.8) is 0 Å². The Labute approximate surface area is 96.5 Å². The Morgan fingerprint density at radius 1 is 1.35 bits per heavy atom. The van der Waals surface area contributed by atoms with E-state index in [9.17, 15) is 18.7 Å². The van der Waals surface area contributed by atoms with Crippen LogP contribution in [0, 0.1) is 13.8 Å². The molecule has 17 heavy (non-hydrogen) atoms. The lowest BCUT2D eigenvalue weighted by Gasteiger charge is -2.16. The van der Waals surface area contributed by atoms with Crippen LogP contribution in [-0.4, -0.2) is 22.8 Å². The summed E-state index contributed by atoms with van der Waals surface area (Å²) in [4.78, 5) is 10.6. The number of aliphatic hydroxyl groups is 1. The molecule has 0 spiro atoms. The summed E-state index contributed by atoms with van der Waals surface area (Å²) in [7, 11) is 0. The van der Waals surface area contributed by atoms with Gasteiger partial charge in [-0.15, -0.1) is 0 Å². The van der Waals surface area contributed by atoms with Gasteiger partial charge in [-0.3, -0.25) is 0 Å². The Kier molecular flexibility index (Phi) is 4.01. The van der Waals surface area contributed by atoms with E-state index in [4.69, 9.17) is 5.11 Å². The van der Waals surface area contributed by atoms with Crippen LogP contribution in [0.3, 0.4) is 0 Å². The molecule has 1 rings (SSSR count). The molecule has 0 heterocycles. The highest BCUT2D eigenvalue weighted by Gasteiger charge is 2.22. The van der Waals surface area contributed by atoms with Gasteiger partial charge in [-0.2, -0.15) is 8.78 Å². The normalized spacial score (nSPS) is 12.6. The van der Waals surface area contributed by atoms with Gasteiger partial charge in [-0.1, -0.05) is 12.1 Å². The van der Waals surface area contributed by atoms with Gasteiger partial charge in [0.1, 0.15) is 5.75 Å². The number of benzene rings is 1. The largest absolute Gasteiger partial charge is 0.479 e. The fraction of sp³-hybridized carbons (Fsp3) is 0.364. The van der Waals surface area contributed by atoms with Crippen molar-refractivity contribution in [2.45, 2.75) is 26.6 Å². The van der Waals surface area contributed by atoms with Gasteiger partial charge in [0, 0.05) is 0 Å². The number of hydrogen-bond acceptors (Lipinski definition) is 3. The fourth-order valence-corrected chi connectivity index (χ4v) is 1.54. The third-order valence-corrected chi connectivity index (χ3v) is 2.38. The van der Waals surface area contributed by atoms with Crippen molar-refractivity contribution in [3.8, 4) is 5.75 Å². The van der Waals surface area contributed by atoms with Crippen LogP contribution in [-0.2, 0) is 4.79 Å². The quantitative estimate of drug-likeness (QED) is 0.852. The zero-order chi connectivity index (χ0) is 13.2. The maximum atomic E-state index is 12.2. The summed E-state index contributed by atoms with van der Waals surface area (Å²) >= 11 is 0. The highest BCUT2D eigenvalue weighted by Crippen LogP contribution is 2.31. The van der Waals surface area contributed by atoms with Crippen molar-refractivity contribution in [3.05, 3.63) is 28.8 Å². The Hall–Kier alpha value is -1.69. The predicted molar refractivity (Wildman–Crippen MR) is 55.1 cm³/mol. The predicted octanol–water partition coefficient (Wildman–Crippen LogP) is 2.02. The van der Waals surface area contributed by atoms with Crippen molar-refractivity contribution in [2.24, 2.45) is 0 Å². The highest BCUT2D eigenvalue weighted by atomic mass is 19.3. The number of halogens is 2. The Morgan fingerprint density at radius 2 is 1.94 bits per heavy atom. The molecule has 1 aromatic carbocycles. The van der Waals surface area contributed by atoms with E-state index in [0.717, 1.165) is 0 Å². The Morgan fingerprint density at radius 3 is 2.41 bits per heavy atom. The van der Waals surface area contributed by atoms with Crippen molar-refractivity contribution in [1.82, 2.24) is 0 Å². The van der Waals surface area contributed by atoms with E-state index in [1.165, 1.54) is 19.1 Å². The van der Waals surface area contributed by atoms with E-state index in [1.54, 1.807) is 6.92 Å². The number of hydrogen-bond donors (Lipinski definition) is 2. The first-order valence-corrected chi connectivity index (χ1v) is 4.80. The molecule has 0 aliphatic carbocycles. The van der Waals surface area contributed by atoms with Crippen LogP contribution >= 0.6 is 0 Å². The molecule has 2 N–H and O–H groups in total. The second-order valence-electron chi connectivity index (χ2n) is 3.55. The van der Waals surface area contributed by atoms with E-state index in [2.05, 4.69) is 4.74 Å². The van der Waals surface area contributed by atoms with Crippen LogP contribution in [0.15, 0.2) is 12.1 Å². The van der Waals surface area contributed by atoms with Crippen LogP contribution < -0.4 is 4.74 Å². The molecule has 0 amide bonds. The molecule has 4 nitrogen and oxygen atoms in total. The van der Waals surface area contributed by atoms with Gasteiger partial charge in [-0.05, 0) is 30.5 Å². The summed E-state index contributed by atoms with van der Waals surface area (Å²) in [6.07, 6.45) is -1.75. The summed E-state index contributed by atoms with van der Waals surface area (Å²) in [6.45, 7) is -0.0157. The zero-order valence-electron chi connectivity index (χ0n) is 9.28. The molecule has 0 aliphatic heterocycles. The fourth-order valence-electron chi connectivity index (χ4n) is 1.54. The number of carboxylic acid groups (broad SMARTS) is 1. The first-order valence-electron chi connectivity index (χ1n) is 4.80. The molecule has 0 saturated heterocycles. The SMILES string of the molecule is Cc1ccc(C(O)C(=O)O)c(C)c1OC(F)F. The summed E-state index contributed by atoms with van der Waals surface area (Å²) in [5.41, 5.74) is 0.683. The van der Waals surface area contributed by atoms with Gasteiger partial charge < -0.3 is 14.9 Å². The number of carboxylic acids is 1. The van der Waals surface area contributed by atoms with Crippen LogP contribution in [0.1, 0.15) is 22.8 Å². The molecule has 0 fully saturated rings. The molecule has 0 aliphatic rings. The van der Waals surface area contributed by atoms with Crippen molar-refractivity contribution >= 4 is 5.97 Å². The molecule has 6 heteroatoms. The minimum atomic E-state index is -3.00. The summed E-state index contributed by atoms with van der Waals surface area (Å²) < 4.78 is 28.7. The first-order chi connectivity index (χ1) is 7.84. The van der Waals surface area contributed by atoms with E-state index in [0.29, 0.717) is 5.56 Å². The molecular formula is C11H12F2O4. The molecule has 0 saturated carbocycles. The average molecular weight is 246 g/mol. The smallest absolute Gasteiger partial charge is 0.387 e. The second-order valence-corrected chi connectivity index (χ2v) is 3.55. The van der Waals surface area contributed by atoms with Gasteiger partial charge in [-0.25, -0.2) is 4.79 Å². The maximum absolute atomic E-state index is 12.2. The van der Waals surface area contributed by atoms with Crippen LogP contribution in [0.5, 0.6) is 5.75 Å². The number of aliphatic carboxylic acids is 1. The monoisotopic (exact) mass is 246 g/mol. The number of aryl methyl sites for hydroxylation is 1. The number of carbonyl (C=O) groups is 1. The number of ether oxygens (including phenoxy) is 1. The van der Waals surface area contributed by atoms with Crippen molar-refractivity contribution < 1.29 is 28.5 Å². The number of rotatable bonds is 4.